The Bertz CT molecular complexity index is 912. The van der Waals surface area contributed by atoms with Gasteiger partial charge in [-0.3, -0.25) is 0 Å². The molecule has 0 aliphatic carbocycles. The van der Waals surface area contributed by atoms with Gasteiger partial charge in [0, 0.05) is 24.4 Å². The van der Waals surface area contributed by atoms with Gasteiger partial charge in [-0.25, -0.2) is 4.39 Å². The Morgan fingerprint density at radius 2 is 1.48 bits per heavy atom. The maximum atomic E-state index is 13.6. The van der Waals surface area contributed by atoms with Crippen LogP contribution in [0.5, 0.6) is 0 Å². The van der Waals surface area contributed by atoms with Gasteiger partial charge in [0.15, 0.2) is 0 Å². The number of rotatable bonds is 5. The molecule has 1 fully saturated rings. The molecule has 1 aliphatic rings. The highest BCUT2D eigenvalue weighted by molar-refractivity contribution is 5.32. The van der Waals surface area contributed by atoms with Crippen molar-refractivity contribution in [2.75, 3.05) is 0 Å². The number of piperidine rings is 1. The lowest BCUT2D eigenvalue weighted by Crippen LogP contribution is -2.51. The maximum Gasteiger partial charge on any atom is 0.123 e. The van der Waals surface area contributed by atoms with Gasteiger partial charge in [-0.05, 0) is 35.2 Å². The first-order valence-electron chi connectivity index (χ1n) is 10.5. The average Bonchev–Trinajstić information content (AvgIpc) is 2.77. The van der Waals surface area contributed by atoms with Crippen LogP contribution in [0.4, 0.5) is 4.39 Å². The van der Waals surface area contributed by atoms with Gasteiger partial charge in [-0.15, -0.1) is 0 Å². The number of nitrogens with one attached hydrogen (secondary N) is 1. The van der Waals surface area contributed by atoms with Crippen LogP contribution >= 0.6 is 0 Å². The summed E-state index contributed by atoms with van der Waals surface area (Å²) in [5, 5.41) is 15.9. The number of hydrogen-bond acceptors (Lipinski definition) is 2. The summed E-state index contributed by atoms with van der Waals surface area (Å²) in [6.07, 6.45) is 2.40. The third kappa shape index (κ3) is 3.98. The SMILES string of the molecule is CCC[C@@H]1[C@H](c2ccccc2)N[C@H](c2ccccc2)C[C@@]1(O)c1ccc(F)cc1. The predicted octanol–water partition coefficient (Wildman–Crippen LogP) is 5.91. The van der Waals surface area contributed by atoms with Crippen molar-refractivity contribution in [2.45, 2.75) is 43.9 Å². The van der Waals surface area contributed by atoms with E-state index in [9.17, 15) is 9.50 Å². The topological polar surface area (TPSA) is 32.3 Å². The summed E-state index contributed by atoms with van der Waals surface area (Å²) in [7, 11) is 0. The summed E-state index contributed by atoms with van der Waals surface area (Å²) in [6.45, 7) is 2.15. The minimum Gasteiger partial charge on any atom is -0.385 e. The van der Waals surface area contributed by atoms with Gasteiger partial charge in [0.1, 0.15) is 5.82 Å². The van der Waals surface area contributed by atoms with Crippen LogP contribution in [0.3, 0.4) is 0 Å². The number of benzene rings is 3. The van der Waals surface area contributed by atoms with Crippen molar-refractivity contribution in [3.05, 3.63) is 107 Å². The largest absolute Gasteiger partial charge is 0.385 e. The molecule has 3 aromatic rings. The van der Waals surface area contributed by atoms with E-state index in [0.717, 1.165) is 24.0 Å². The molecule has 4 rings (SSSR count). The Kier molecular flexibility index (Phi) is 5.79. The van der Waals surface area contributed by atoms with Gasteiger partial charge in [-0.1, -0.05) is 86.1 Å². The molecule has 1 saturated heterocycles. The fraction of sp³-hybridized carbons (Fsp3) is 0.308. The lowest BCUT2D eigenvalue weighted by molar-refractivity contribution is -0.0850. The second kappa shape index (κ2) is 8.48. The van der Waals surface area contributed by atoms with Crippen LogP contribution < -0.4 is 5.32 Å². The molecule has 3 heteroatoms. The minimum atomic E-state index is -1.05. The highest BCUT2D eigenvalue weighted by Gasteiger charge is 2.48. The van der Waals surface area contributed by atoms with Crippen molar-refractivity contribution >= 4 is 0 Å². The van der Waals surface area contributed by atoms with E-state index in [4.69, 9.17) is 0 Å². The van der Waals surface area contributed by atoms with Crippen LogP contribution in [0.25, 0.3) is 0 Å². The molecule has 150 valence electrons. The lowest BCUT2D eigenvalue weighted by Gasteiger charge is -2.49. The molecule has 0 spiro atoms. The first kappa shape index (κ1) is 19.8. The molecule has 29 heavy (non-hydrogen) atoms. The van der Waals surface area contributed by atoms with Gasteiger partial charge in [0.05, 0.1) is 5.60 Å². The van der Waals surface area contributed by atoms with Crippen LogP contribution in [0.2, 0.25) is 0 Å². The molecular formula is C26H28FNO. The van der Waals surface area contributed by atoms with Crippen LogP contribution in [-0.4, -0.2) is 5.11 Å². The molecule has 3 aromatic carbocycles. The monoisotopic (exact) mass is 389 g/mol. The van der Waals surface area contributed by atoms with Crippen LogP contribution in [0.15, 0.2) is 84.9 Å². The first-order chi connectivity index (χ1) is 14.1. The van der Waals surface area contributed by atoms with Crippen molar-refractivity contribution in [1.82, 2.24) is 5.32 Å². The normalized spacial score (nSPS) is 26.9. The zero-order chi connectivity index (χ0) is 20.3. The Labute approximate surface area is 172 Å². The molecule has 1 aliphatic heterocycles. The Morgan fingerprint density at radius 1 is 0.897 bits per heavy atom. The number of hydrogen-bond donors (Lipinski definition) is 2. The summed E-state index contributed by atoms with van der Waals surface area (Å²) in [4.78, 5) is 0. The molecule has 0 saturated carbocycles. The second-order valence-electron chi connectivity index (χ2n) is 8.05. The highest BCUT2D eigenvalue weighted by atomic mass is 19.1. The fourth-order valence-electron chi connectivity index (χ4n) is 4.81. The van der Waals surface area contributed by atoms with E-state index < -0.39 is 5.60 Å². The van der Waals surface area contributed by atoms with Crippen molar-refractivity contribution in [3.63, 3.8) is 0 Å². The van der Waals surface area contributed by atoms with Crippen molar-refractivity contribution in [2.24, 2.45) is 5.92 Å². The van der Waals surface area contributed by atoms with Gasteiger partial charge in [-0.2, -0.15) is 0 Å². The minimum absolute atomic E-state index is 0.00423. The molecule has 0 unspecified atom stereocenters. The Balaban J connectivity index is 1.82. The molecule has 0 radical (unpaired) electrons. The Morgan fingerprint density at radius 3 is 2.07 bits per heavy atom. The van der Waals surface area contributed by atoms with E-state index in [-0.39, 0.29) is 23.8 Å². The lowest BCUT2D eigenvalue weighted by atomic mass is 9.66. The molecule has 2 N–H and O–H groups in total. The predicted molar refractivity (Wildman–Crippen MR) is 115 cm³/mol. The summed E-state index contributed by atoms with van der Waals surface area (Å²) >= 11 is 0. The standard InChI is InChI=1S/C26H28FNO/c1-2-9-23-25(20-12-7-4-8-13-20)28-24(19-10-5-3-6-11-19)18-26(23,29)21-14-16-22(27)17-15-21/h3-8,10-17,23-25,28-29H,2,9,18H2,1H3/t23-,24+,25+,26-/m1/s1. The summed E-state index contributed by atoms with van der Waals surface area (Å²) in [5.41, 5.74) is 2.08. The van der Waals surface area contributed by atoms with Gasteiger partial charge in [0.25, 0.3) is 0 Å². The van der Waals surface area contributed by atoms with Crippen molar-refractivity contribution < 1.29 is 9.50 Å². The average molecular weight is 390 g/mol. The number of halogens is 1. The third-order valence-corrected chi connectivity index (χ3v) is 6.22. The molecule has 4 atom stereocenters. The smallest absolute Gasteiger partial charge is 0.123 e. The molecule has 2 nitrogen and oxygen atoms in total. The quantitative estimate of drug-likeness (QED) is 0.569. The van der Waals surface area contributed by atoms with E-state index in [1.165, 1.54) is 17.7 Å². The van der Waals surface area contributed by atoms with Gasteiger partial charge in [0.2, 0.25) is 0 Å². The molecule has 0 amide bonds. The van der Waals surface area contributed by atoms with Crippen molar-refractivity contribution in [3.8, 4) is 0 Å². The molecular weight excluding hydrogens is 361 g/mol. The van der Waals surface area contributed by atoms with E-state index in [0.29, 0.717) is 6.42 Å². The van der Waals surface area contributed by atoms with Crippen LogP contribution in [-0.2, 0) is 5.60 Å². The molecule has 1 heterocycles. The maximum absolute atomic E-state index is 13.6. The zero-order valence-electron chi connectivity index (χ0n) is 16.8. The van der Waals surface area contributed by atoms with E-state index in [1.807, 2.05) is 36.4 Å². The summed E-state index contributed by atoms with van der Waals surface area (Å²) in [6, 6.07) is 27.0. The van der Waals surface area contributed by atoms with E-state index >= 15 is 0 Å². The zero-order valence-corrected chi connectivity index (χ0v) is 16.8. The van der Waals surface area contributed by atoms with Crippen LogP contribution in [0.1, 0.15) is 55.0 Å². The molecule has 0 bridgehead atoms. The summed E-state index contributed by atoms with van der Waals surface area (Å²) in [5.74, 6) is -0.294. The van der Waals surface area contributed by atoms with Crippen LogP contribution in [0, 0.1) is 11.7 Å². The first-order valence-corrected chi connectivity index (χ1v) is 10.5. The van der Waals surface area contributed by atoms with E-state index in [2.05, 4.69) is 36.5 Å². The van der Waals surface area contributed by atoms with Gasteiger partial charge >= 0.3 is 0 Å². The van der Waals surface area contributed by atoms with Crippen molar-refractivity contribution in [1.29, 1.82) is 0 Å². The molecule has 0 aromatic heterocycles. The van der Waals surface area contributed by atoms with Gasteiger partial charge < -0.3 is 10.4 Å². The fourth-order valence-corrected chi connectivity index (χ4v) is 4.81. The summed E-state index contributed by atoms with van der Waals surface area (Å²) < 4.78 is 13.6. The van der Waals surface area contributed by atoms with E-state index in [1.54, 1.807) is 12.1 Å². The second-order valence-corrected chi connectivity index (χ2v) is 8.05. The highest BCUT2D eigenvalue weighted by Crippen LogP contribution is 2.50. The third-order valence-electron chi connectivity index (χ3n) is 6.22. The Hall–Kier alpha value is -2.49. The number of aliphatic hydroxyl groups is 1.